The fourth-order valence-electron chi connectivity index (χ4n) is 3.64. The summed E-state index contributed by atoms with van der Waals surface area (Å²) in [6.07, 6.45) is 13.1. The Kier molecular flexibility index (Phi) is 5.79. The summed E-state index contributed by atoms with van der Waals surface area (Å²) in [7, 11) is 2.08. The minimum absolute atomic E-state index is 0.926. The molecule has 0 bridgehead atoms. The first-order chi connectivity index (χ1) is 8.40. The van der Waals surface area contributed by atoms with Crippen molar-refractivity contribution in [1.29, 1.82) is 0 Å². The van der Waals surface area contributed by atoms with E-state index in [-0.39, 0.29) is 0 Å². The summed E-state index contributed by atoms with van der Waals surface area (Å²) in [6.45, 7) is 3.95. The van der Waals surface area contributed by atoms with E-state index in [1.54, 1.807) is 0 Å². The van der Waals surface area contributed by atoms with Crippen LogP contribution in [0.3, 0.4) is 0 Å². The van der Waals surface area contributed by atoms with Gasteiger partial charge in [0, 0.05) is 12.6 Å². The van der Waals surface area contributed by atoms with E-state index >= 15 is 0 Å². The van der Waals surface area contributed by atoms with E-state index in [1.807, 2.05) is 0 Å². The molecule has 1 aliphatic carbocycles. The average Bonchev–Trinajstić information content (AvgIpc) is 2.65. The van der Waals surface area contributed by atoms with Crippen LogP contribution in [0.2, 0.25) is 0 Å². The molecule has 1 heterocycles. The lowest BCUT2D eigenvalue weighted by molar-refractivity contribution is 0.109. The van der Waals surface area contributed by atoms with Crippen molar-refractivity contribution in [3.8, 4) is 0 Å². The van der Waals surface area contributed by atoms with Crippen LogP contribution in [0.25, 0.3) is 0 Å². The summed E-state index contributed by atoms with van der Waals surface area (Å²) in [5.74, 6) is 0.958. The maximum atomic E-state index is 3.30. The quantitative estimate of drug-likeness (QED) is 0.757. The van der Waals surface area contributed by atoms with Gasteiger partial charge in [-0.05, 0) is 58.2 Å². The Morgan fingerprint density at radius 2 is 1.76 bits per heavy atom. The molecule has 0 amide bonds. The van der Waals surface area contributed by atoms with E-state index in [0.29, 0.717) is 0 Å². The van der Waals surface area contributed by atoms with Gasteiger partial charge in [-0.15, -0.1) is 0 Å². The summed E-state index contributed by atoms with van der Waals surface area (Å²) in [4.78, 5) is 2.83. The smallest absolute Gasteiger partial charge is 0.00953 e. The molecule has 2 aliphatic rings. The van der Waals surface area contributed by atoms with Crippen molar-refractivity contribution in [2.24, 2.45) is 5.92 Å². The molecule has 0 radical (unpaired) electrons. The Morgan fingerprint density at radius 3 is 2.47 bits per heavy atom. The van der Waals surface area contributed by atoms with Crippen molar-refractivity contribution in [3.05, 3.63) is 0 Å². The van der Waals surface area contributed by atoms with Gasteiger partial charge in [0.15, 0.2) is 0 Å². The second kappa shape index (κ2) is 7.38. The summed E-state index contributed by atoms with van der Waals surface area (Å²) in [5.41, 5.74) is 0. The molecule has 100 valence electrons. The number of hydrogen-bond acceptors (Lipinski definition) is 2. The third kappa shape index (κ3) is 4.26. The lowest BCUT2D eigenvalue weighted by Crippen LogP contribution is -2.43. The number of likely N-dealkylation sites (tertiary alicyclic amines) is 1. The minimum atomic E-state index is 0.926. The summed E-state index contributed by atoms with van der Waals surface area (Å²) >= 11 is 0. The zero-order valence-corrected chi connectivity index (χ0v) is 11.6. The van der Waals surface area contributed by atoms with Gasteiger partial charge >= 0.3 is 0 Å². The van der Waals surface area contributed by atoms with Gasteiger partial charge in [0.25, 0.3) is 0 Å². The van der Waals surface area contributed by atoms with Crippen molar-refractivity contribution in [1.82, 2.24) is 10.2 Å². The highest BCUT2D eigenvalue weighted by Crippen LogP contribution is 2.27. The molecule has 0 aromatic carbocycles. The maximum Gasteiger partial charge on any atom is 0.00953 e. The Balaban J connectivity index is 1.78. The Labute approximate surface area is 107 Å². The minimum Gasteiger partial charge on any atom is -0.320 e. The fraction of sp³-hybridized carbons (Fsp3) is 1.00. The summed E-state index contributed by atoms with van der Waals surface area (Å²) in [6, 6.07) is 0.926. The van der Waals surface area contributed by atoms with Crippen LogP contribution in [0.15, 0.2) is 0 Å². The van der Waals surface area contributed by atoms with Crippen molar-refractivity contribution in [3.63, 3.8) is 0 Å². The first-order valence-electron chi connectivity index (χ1n) is 7.79. The molecule has 0 spiro atoms. The summed E-state index contributed by atoms with van der Waals surface area (Å²) < 4.78 is 0. The van der Waals surface area contributed by atoms with Gasteiger partial charge in [0.2, 0.25) is 0 Å². The molecular formula is C15H30N2. The van der Waals surface area contributed by atoms with Crippen molar-refractivity contribution >= 4 is 0 Å². The first kappa shape index (κ1) is 13.4. The molecule has 17 heavy (non-hydrogen) atoms. The average molecular weight is 238 g/mol. The highest BCUT2D eigenvalue weighted by Gasteiger charge is 2.25. The van der Waals surface area contributed by atoms with E-state index < -0.39 is 0 Å². The standard InChI is InChI=1S/C15H30N2/c1-16-11-10-14-7-6-12-17(13-14)15-8-4-2-3-5-9-15/h14-16H,2-13H2,1H3. The van der Waals surface area contributed by atoms with E-state index in [2.05, 4.69) is 17.3 Å². The SMILES string of the molecule is CNCCC1CCCN(C2CCCCCC2)C1. The number of piperidine rings is 1. The fourth-order valence-corrected chi connectivity index (χ4v) is 3.64. The maximum absolute atomic E-state index is 3.30. The molecule has 2 nitrogen and oxygen atoms in total. The Morgan fingerprint density at radius 1 is 1.00 bits per heavy atom. The van der Waals surface area contributed by atoms with Crippen molar-refractivity contribution in [2.75, 3.05) is 26.7 Å². The first-order valence-corrected chi connectivity index (χ1v) is 7.79. The monoisotopic (exact) mass is 238 g/mol. The molecule has 2 fully saturated rings. The number of nitrogens with one attached hydrogen (secondary N) is 1. The molecule has 1 unspecified atom stereocenters. The molecule has 0 aromatic heterocycles. The molecule has 1 saturated carbocycles. The van der Waals surface area contributed by atoms with E-state index in [0.717, 1.165) is 12.0 Å². The Bertz CT molecular complexity index is 197. The van der Waals surface area contributed by atoms with Crippen molar-refractivity contribution in [2.45, 2.75) is 63.8 Å². The molecule has 1 saturated heterocycles. The van der Waals surface area contributed by atoms with E-state index in [4.69, 9.17) is 0 Å². The molecule has 0 aromatic rings. The van der Waals surface area contributed by atoms with Gasteiger partial charge < -0.3 is 10.2 Å². The molecule has 1 atom stereocenters. The van der Waals surface area contributed by atoms with Gasteiger partial charge in [0.1, 0.15) is 0 Å². The van der Waals surface area contributed by atoms with Gasteiger partial charge in [-0.25, -0.2) is 0 Å². The van der Waals surface area contributed by atoms with Gasteiger partial charge in [-0.2, -0.15) is 0 Å². The molecule has 1 N–H and O–H groups in total. The number of hydrogen-bond donors (Lipinski definition) is 1. The van der Waals surface area contributed by atoms with Crippen LogP contribution in [0.4, 0.5) is 0 Å². The largest absolute Gasteiger partial charge is 0.320 e. The normalized spacial score (nSPS) is 29.1. The highest BCUT2D eigenvalue weighted by molar-refractivity contribution is 4.80. The highest BCUT2D eigenvalue weighted by atomic mass is 15.2. The van der Waals surface area contributed by atoms with Crippen LogP contribution in [0.1, 0.15) is 57.8 Å². The second-order valence-electron chi connectivity index (χ2n) is 6.04. The van der Waals surface area contributed by atoms with Crippen molar-refractivity contribution < 1.29 is 0 Å². The van der Waals surface area contributed by atoms with Gasteiger partial charge in [-0.3, -0.25) is 0 Å². The predicted molar refractivity (Wildman–Crippen MR) is 74.3 cm³/mol. The van der Waals surface area contributed by atoms with Gasteiger partial charge in [0.05, 0.1) is 0 Å². The van der Waals surface area contributed by atoms with Crippen LogP contribution in [-0.2, 0) is 0 Å². The Hall–Kier alpha value is -0.0800. The lowest BCUT2D eigenvalue weighted by Gasteiger charge is -2.38. The zero-order valence-electron chi connectivity index (χ0n) is 11.6. The van der Waals surface area contributed by atoms with Crippen LogP contribution < -0.4 is 5.32 Å². The molecule has 2 heteroatoms. The molecule has 1 aliphatic heterocycles. The number of nitrogens with zero attached hydrogens (tertiary/aromatic N) is 1. The van der Waals surface area contributed by atoms with E-state index in [1.165, 1.54) is 77.4 Å². The lowest BCUT2D eigenvalue weighted by atomic mass is 9.92. The predicted octanol–water partition coefficient (Wildman–Crippen LogP) is 3.03. The topological polar surface area (TPSA) is 15.3 Å². The van der Waals surface area contributed by atoms with E-state index in [9.17, 15) is 0 Å². The molecular weight excluding hydrogens is 208 g/mol. The summed E-state index contributed by atoms with van der Waals surface area (Å²) in [5, 5.41) is 3.30. The van der Waals surface area contributed by atoms with Crippen LogP contribution in [0.5, 0.6) is 0 Å². The van der Waals surface area contributed by atoms with Crippen LogP contribution in [0, 0.1) is 5.92 Å². The zero-order chi connectivity index (χ0) is 11.9. The second-order valence-corrected chi connectivity index (χ2v) is 6.04. The number of rotatable bonds is 4. The third-order valence-corrected chi connectivity index (χ3v) is 4.69. The third-order valence-electron chi connectivity index (χ3n) is 4.69. The van der Waals surface area contributed by atoms with Crippen LogP contribution in [-0.4, -0.2) is 37.6 Å². The van der Waals surface area contributed by atoms with Crippen LogP contribution >= 0.6 is 0 Å². The van der Waals surface area contributed by atoms with Gasteiger partial charge in [-0.1, -0.05) is 25.7 Å². The molecule has 2 rings (SSSR count).